The van der Waals surface area contributed by atoms with Gasteiger partial charge in [-0.15, -0.1) is 5.10 Å². The Morgan fingerprint density at radius 1 is 1.11 bits per heavy atom. The molecular weight excluding hydrogens is 358 g/mol. The molecular formula is C20H27N5OS. The molecule has 1 saturated carbocycles. The predicted molar refractivity (Wildman–Crippen MR) is 106 cm³/mol. The first-order valence-electron chi connectivity index (χ1n) is 9.91. The van der Waals surface area contributed by atoms with Crippen molar-refractivity contribution in [1.29, 1.82) is 0 Å². The predicted octanol–water partition coefficient (Wildman–Crippen LogP) is 3.55. The van der Waals surface area contributed by atoms with Crippen LogP contribution in [-0.2, 0) is 4.79 Å². The summed E-state index contributed by atoms with van der Waals surface area (Å²) in [5.74, 6) is 1.34. The van der Waals surface area contributed by atoms with E-state index in [-0.39, 0.29) is 5.91 Å². The van der Waals surface area contributed by atoms with Crippen LogP contribution in [0.1, 0.15) is 49.7 Å². The third-order valence-electron chi connectivity index (χ3n) is 5.78. The van der Waals surface area contributed by atoms with E-state index in [0.717, 1.165) is 18.7 Å². The average Bonchev–Trinajstić information content (AvgIpc) is 3.13. The minimum Gasteiger partial charge on any atom is -0.339 e. The zero-order valence-corrected chi connectivity index (χ0v) is 16.9. The Balaban J connectivity index is 1.45. The Morgan fingerprint density at radius 2 is 1.85 bits per heavy atom. The fraction of sp³-hybridized carbons (Fsp3) is 0.600. The number of amides is 1. The summed E-state index contributed by atoms with van der Waals surface area (Å²) < 4.78 is 1.73. The van der Waals surface area contributed by atoms with Crippen molar-refractivity contribution < 1.29 is 4.79 Å². The van der Waals surface area contributed by atoms with E-state index in [9.17, 15) is 4.79 Å². The Hall–Kier alpha value is -1.89. The number of carbonyl (C=O) groups excluding carboxylic acids is 1. The normalized spacial score (nSPS) is 22.5. The standard InChI is InChI=1S/C20H27N5OS/c1-14-10-15(2)12-17(11-14)25-20(21-22-23-25)27-13-19(26)24-9-5-7-16-6-3-4-8-18(16)24/h10-12,16,18H,3-9,13H2,1-2H3/t16-,18+/m0/s1. The summed E-state index contributed by atoms with van der Waals surface area (Å²) in [6, 6.07) is 6.70. The van der Waals surface area contributed by atoms with Crippen LogP contribution in [0.2, 0.25) is 0 Å². The molecule has 0 radical (unpaired) electrons. The molecule has 1 aliphatic heterocycles. The molecule has 0 unspecified atom stereocenters. The number of hydrogen-bond donors (Lipinski definition) is 0. The van der Waals surface area contributed by atoms with Gasteiger partial charge in [0.05, 0.1) is 11.4 Å². The molecule has 6 nitrogen and oxygen atoms in total. The maximum Gasteiger partial charge on any atom is 0.233 e. The second-order valence-corrected chi connectivity index (χ2v) is 8.79. The van der Waals surface area contributed by atoms with Gasteiger partial charge in [0, 0.05) is 12.6 Å². The summed E-state index contributed by atoms with van der Waals surface area (Å²) >= 11 is 1.44. The van der Waals surface area contributed by atoms with Crippen LogP contribution < -0.4 is 0 Å². The number of fused-ring (bicyclic) bond motifs is 1. The van der Waals surface area contributed by atoms with Crippen LogP contribution in [0.15, 0.2) is 23.4 Å². The molecule has 1 aliphatic carbocycles. The number of aryl methyl sites for hydroxylation is 2. The van der Waals surface area contributed by atoms with Crippen molar-refractivity contribution in [3.05, 3.63) is 29.3 Å². The summed E-state index contributed by atoms with van der Waals surface area (Å²) in [5.41, 5.74) is 3.28. The van der Waals surface area contributed by atoms with Gasteiger partial charge in [0.25, 0.3) is 0 Å². The summed E-state index contributed by atoms with van der Waals surface area (Å²) in [6.45, 7) is 5.03. The SMILES string of the molecule is Cc1cc(C)cc(-n2nnnc2SCC(=O)N2CCC[C@@H]3CCCC[C@H]32)c1. The van der Waals surface area contributed by atoms with Crippen molar-refractivity contribution in [3.8, 4) is 5.69 Å². The topological polar surface area (TPSA) is 63.9 Å². The van der Waals surface area contributed by atoms with Crippen LogP contribution in [0, 0.1) is 19.8 Å². The van der Waals surface area contributed by atoms with Crippen LogP contribution in [0.4, 0.5) is 0 Å². The molecule has 7 heteroatoms. The molecule has 27 heavy (non-hydrogen) atoms. The lowest BCUT2D eigenvalue weighted by molar-refractivity contribution is -0.134. The first-order valence-corrected chi connectivity index (χ1v) is 10.9. The van der Waals surface area contributed by atoms with Crippen molar-refractivity contribution in [3.63, 3.8) is 0 Å². The van der Waals surface area contributed by atoms with Gasteiger partial charge in [-0.05, 0) is 79.1 Å². The Labute approximate surface area is 164 Å². The van der Waals surface area contributed by atoms with Gasteiger partial charge in [-0.25, -0.2) is 0 Å². The van der Waals surface area contributed by atoms with E-state index in [1.807, 2.05) is 0 Å². The van der Waals surface area contributed by atoms with Gasteiger partial charge < -0.3 is 4.90 Å². The maximum absolute atomic E-state index is 12.9. The van der Waals surface area contributed by atoms with Crippen molar-refractivity contribution in [2.75, 3.05) is 12.3 Å². The number of benzene rings is 1. The number of aromatic nitrogens is 4. The lowest BCUT2D eigenvalue weighted by Crippen LogP contribution is -2.50. The number of hydrogen-bond acceptors (Lipinski definition) is 5. The molecule has 0 bridgehead atoms. The fourth-order valence-corrected chi connectivity index (χ4v) is 5.42. The number of tetrazole rings is 1. The molecule has 2 aliphatic rings. The summed E-state index contributed by atoms with van der Waals surface area (Å²) in [6.07, 6.45) is 7.45. The van der Waals surface area contributed by atoms with Crippen molar-refractivity contribution in [1.82, 2.24) is 25.1 Å². The van der Waals surface area contributed by atoms with Crippen LogP contribution in [0.5, 0.6) is 0 Å². The van der Waals surface area contributed by atoms with E-state index in [0.29, 0.717) is 22.9 Å². The molecule has 2 fully saturated rings. The highest BCUT2D eigenvalue weighted by Crippen LogP contribution is 2.35. The molecule has 2 atom stereocenters. The Morgan fingerprint density at radius 3 is 2.67 bits per heavy atom. The third kappa shape index (κ3) is 4.03. The monoisotopic (exact) mass is 385 g/mol. The van der Waals surface area contributed by atoms with Gasteiger partial charge in [0.2, 0.25) is 11.1 Å². The summed E-state index contributed by atoms with van der Waals surface area (Å²) in [7, 11) is 0. The number of piperidine rings is 1. The third-order valence-corrected chi connectivity index (χ3v) is 6.68. The van der Waals surface area contributed by atoms with Crippen LogP contribution in [-0.4, -0.2) is 49.4 Å². The largest absolute Gasteiger partial charge is 0.339 e. The van der Waals surface area contributed by atoms with Gasteiger partial charge in [-0.2, -0.15) is 4.68 Å². The summed E-state index contributed by atoms with van der Waals surface area (Å²) in [5, 5.41) is 12.8. The van der Waals surface area contributed by atoms with Crippen LogP contribution in [0.25, 0.3) is 5.69 Å². The van der Waals surface area contributed by atoms with Crippen LogP contribution in [0.3, 0.4) is 0 Å². The number of carbonyl (C=O) groups is 1. The molecule has 1 aromatic carbocycles. The Bertz CT molecular complexity index is 798. The number of nitrogens with zero attached hydrogens (tertiary/aromatic N) is 5. The van der Waals surface area contributed by atoms with Gasteiger partial charge in [0.1, 0.15) is 0 Å². The van der Waals surface area contributed by atoms with Crippen LogP contribution >= 0.6 is 11.8 Å². The average molecular weight is 386 g/mol. The molecule has 0 spiro atoms. The maximum atomic E-state index is 12.9. The van der Waals surface area contributed by atoms with E-state index < -0.39 is 0 Å². The van der Waals surface area contributed by atoms with Crippen molar-refractivity contribution >= 4 is 17.7 Å². The minimum absolute atomic E-state index is 0.228. The van der Waals surface area contributed by atoms with Gasteiger partial charge in [-0.1, -0.05) is 30.7 Å². The highest BCUT2D eigenvalue weighted by Gasteiger charge is 2.35. The number of likely N-dealkylation sites (tertiary alicyclic amines) is 1. The van der Waals surface area contributed by atoms with E-state index >= 15 is 0 Å². The first kappa shape index (κ1) is 18.5. The van der Waals surface area contributed by atoms with E-state index in [1.165, 1.54) is 55.0 Å². The lowest BCUT2D eigenvalue weighted by atomic mass is 9.78. The number of thioether (sulfide) groups is 1. The smallest absolute Gasteiger partial charge is 0.233 e. The van der Waals surface area contributed by atoms with Crippen molar-refractivity contribution in [2.45, 2.75) is 63.6 Å². The molecule has 1 aromatic heterocycles. The molecule has 144 valence electrons. The second kappa shape index (κ2) is 8.00. The first-order chi connectivity index (χ1) is 13.1. The molecule has 2 heterocycles. The molecule has 2 aromatic rings. The minimum atomic E-state index is 0.228. The summed E-state index contributed by atoms with van der Waals surface area (Å²) in [4.78, 5) is 15.1. The van der Waals surface area contributed by atoms with E-state index in [4.69, 9.17) is 0 Å². The van der Waals surface area contributed by atoms with Gasteiger partial charge in [0.15, 0.2) is 0 Å². The van der Waals surface area contributed by atoms with E-state index in [1.54, 1.807) is 4.68 Å². The molecule has 0 N–H and O–H groups in total. The zero-order chi connectivity index (χ0) is 18.8. The second-order valence-electron chi connectivity index (χ2n) is 7.85. The molecule has 4 rings (SSSR count). The molecule has 1 saturated heterocycles. The van der Waals surface area contributed by atoms with Gasteiger partial charge in [-0.3, -0.25) is 4.79 Å². The lowest BCUT2D eigenvalue weighted by Gasteiger charge is -2.44. The molecule has 1 amide bonds. The Kier molecular flexibility index (Phi) is 5.48. The van der Waals surface area contributed by atoms with E-state index in [2.05, 4.69) is 52.5 Å². The highest BCUT2D eigenvalue weighted by molar-refractivity contribution is 7.99. The quantitative estimate of drug-likeness (QED) is 0.753. The highest BCUT2D eigenvalue weighted by atomic mass is 32.2. The number of rotatable bonds is 4. The van der Waals surface area contributed by atoms with Crippen molar-refractivity contribution in [2.24, 2.45) is 5.92 Å². The van der Waals surface area contributed by atoms with Gasteiger partial charge >= 0.3 is 0 Å². The fourth-order valence-electron chi connectivity index (χ4n) is 4.65. The zero-order valence-electron chi connectivity index (χ0n) is 16.1.